The van der Waals surface area contributed by atoms with Crippen molar-refractivity contribution >= 4 is 22.7 Å². The van der Waals surface area contributed by atoms with E-state index >= 15 is 0 Å². The minimum absolute atomic E-state index is 0.00699. The molecule has 0 amide bonds. The van der Waals surface area contributed by atoms with Crippen molar-refractivity contribution in [1.29, 1.82) is 0 Å². The van der Waals surface area contributed by atoms with Gasteiger partial charge in [0, 0.05) is 5.25 Å². The summed E-state index contributed by atoms with van der Waals surface area (Å²) in [5.74, 6) is 0. The average Bonchev–Trinajstić information content (AvgIpc) is 2.50. The normalized spacial score (nSPS) is 11.3. The molecule has 0 aliphatic heterocycles. The van der Waals surface area contributed by atoms with Crippen LogP contribution < -0.4 is 5.56 Å². The molecular formula is C19H20N2OS. The smallest absolute Gasteiger partial charge is 0.266 e. The van der Waals surface area contributed by atoms with Gasteiger partial charge in [-0.15, -0.1) is 0 Å². The zero-order valence-electron chi connectivity index (χ0n) is 13.8. The molecular weight excluding hydrogens is 304 g/mol. The number of aryl methyl sites for hydroxylation is 2. The average molecular weight is 324 g/mol. The third-order valence-corrected chi connectivity index (χ3v) is 4.65. The highest BCUT2D eigenvalue weighted by atomic mass is 32.2. The van der Waals surface area contributed by atoms with Crippen molar-refractivity contribution in [2.75, 3.05) is 0 Å². The van der Waals surface area contributed by atoms with Crippen molar-refractivity contribution in [3.8, 4) is 5.69 Å². The van der Waals surface area contributed by atoms with Crippen molar-refractivity contribution in [2.45, 2.75) is 38.1 Å². The maximum atomic E-state index is 13.1. The zero-order valence-corrected chi connectivity index (χ0v) is 14.6. The van der Waals surface area contributed by atoms with Crippen LogP contribution in [0.4, 0.5) is 0 Å². The highest BCUT2D eigenvalue weighted by molar-refractivity contribution is 7.99. The van der Waals surface area contributed by atoms with Crippen LogP contribution in [-0.4, -0.2) is 14.8 Å². The monoisotopic (exact) mass is 324 g/mol. The molecule has 0 fully saturated rings. The van der Waals surface area contributed by atoms with E-state index < -0.39 is 0 Å². The second-order valence-corrected chi connectivity index (χ2v) is 7.55. The number of hydrogen-bond acceptors (Lipinski definition) is 3. The van der Waals surface area contributed by atoms with E-state index in [4.69, 9.17) is 4.98 Å². The highest BCUT2D eigenvalue weighted by Crippen LogP contribution is 2.26. The minimum Gasteiger partial charge on any atom is -0.268 e. The third-order valence-electron chi connectivity index (χ3n) is 3.69. The fourth-order valence-electron chi connectivity index (χ4n) is 2.57. The van der Waals surface area contributed by atoms with Gasteiger partial charge in [-0.25, -0.2) is 4.98 Å². The van der Waals surface area contributed by atoms with E-state index in [2.05, 4.69) is 32.0 Å². The van der Waals surface area contributed by atoms with Gasteiger partial charge < -0.3 is 0 Å². The van der Waals surface area contributed by atoms with Crippen LogP contribution in [-0.2, 0) is 0 Å². The maximum absolute atomic E-state index is 13.1. The van der Waals surface area contributed by atoms with Gasteiger partial charge in [0.1, 0.15) is 0 Å². The fourth-order valence-corrected chi connectivity index (χ4v) is 3.43. The quantitative estimate of drug-likeness (QED) is 0.525. The summed E-state index contributed by atoms with van der Waals surface area (Å²) in [5, 5.41) is 1.75. The van der Waals surface area contributed by atoms with Gasteiger partial charge in [0.15, 0.2) is 5.16 Å². The molecule has 2 aromatic carbocycles. The Morgan fingerprint density at radius 1 is 1.09 bits per heavy atom. The molecule has 1 aromatic heterocycles. The van der Waals surface area contributed by atoms with Crippen molar-refractivity contribution in [2.24, 2.45) is 0 Å². The van der Waals surface area contributed by atoms with Gasteiger partial charge in [0.25, 0.3) is 5.56 Å². The van der Waals surface area contributed by atoms with Gasteiger partial charge in [0.05, 0.1) is 16.6 Å². The highest BCUT2D eigenvalue weighted by Gasteiger charge is 2.15. The number of nitrogens with zero attached hydrogens (tertiary/aromatic N) is 2. The molecule has 0 N–H and O–H groups in total. The van der Waals surface area contributed by atoms with Crippen LogP contribution in [0.25, 0.3) is 16.6 Å². The summed E-state index contributed by atoms with van der Waals surface area (Å²) >= 11 is 1.62. The lowest BCUT2D eigenvalue weighted by Crippen LogP contribution is -2.23. The van der Waals surface area contributed by atoms with Gasteiger partial charge in [-0.3, -0.25) is 9.36 Å². The Morgan fingerprint density at radius 2 is 1.83 bits per heavy atom. The predicted octanol–water partition coefficient (Wildman–Crippen LogP) is 4.50. The second-order valence-electron chi connectivity index (χ2n) is 6.01. The summed E-state index contributed by atoms with van der Waals surface area (Å²) in [7, 11) is 0. The van der Waals surface area contributed by atoms with Crippen LogP contribution in [0.15, 0.2) is 52.4 Å². The second kappa shape index (κ2) is 6.20. The lowest BCUT2D eigenvalue weighted by atomic mass is 10.1. The molecule has 0 atom stereocenters. The molecule has 3 rings (SSSR count). The Labute approximate surface area is 140 Å². The SMILES string of the molecule is Cc1ccc(C)c(-n2c(SC(C)C)nc3ccccc3c2=O)c1. The summed E-state index contributed by atoms with van der Waals surface area (Å²) in [6.45, 7) is 8.29. The summed E-state index contributed by atoms with van der Waals surface area (Å²) < 4.78 is 1.76. The van der Waals surface area contributed by atoms with Crippen molar-refractivity contribution in [3.63, 3.8) is 0 Å². The molecule has 0 spiro atoms. The number of rotatable bonds is 3. The Kier molecular flexibility index (Phi) is 4.26. The van der Waals surface area contributed by atoms with Crippen LogP contribution >= 0.6 is 11.8 Å². The van der Waals surface area contributed by atoms with E-state index in [-0.39, 0.29) is 5.56 Å². The zero-order chi connectivity index (χ0) is 16.6. The van der Waals surface area contributed by atoms with Crippen LogP contribution in [0, 0.1) is 13.8 Å². The number of benzene rings is 2. The molecule has 0 aliphatic rings. The molecule has 118 valence electrons. The third kappa shape index (κ3) is 3.04. The molecule has 23 heavy (non-hydrogen) atoms. The van der Waals surface area contributed by atoms with E-state index in [1.807, 2.05) is 38.1 Å². The fraction of sp³-hybridized carbons (Fsp3) is 0.263. The predicted molar refractivity (Wildman–Crippen MR) is 97.8 cm³/mol. The standard InChI is InChI=1S/C19H20N2OS/c1-12(2)23-19-20-16-8-6-5-7-15(16)18(22)21(19)17-11-13(3)9-10-14(17)4/h5-12H,1-4H3. The van der Waals surface area contributed by atoms with E-state index in [1.165, 1.54) is 0 Å². The first-order valence-electron chi connectivity index (χ1n) is 7.73. The number of fused-ring (bicyclic) bond motifs is 1. The molecule has 0 radical (unpaired) electrons. The van der Waals surface area contributed by atoms with E-state index in [9.17, 15) is 4.79 Å². The van der Waals surface area contributed by atoms with Crippen LogP contribution in [0.5, 0.6) is 0 Å². The molecule has 3 nitrogen and oxygen atoms in total. The lowest BCUT2D eigenvalue weighted by molar-refractivity contribution is 0.810. The van der Waals surface area contributed by atoms with Crippen molar-refractivity contribution in [3.05, 3.63) is 63.9 Å². The Hall–Kier alpha value is -2.07. The lowest BCUT2D eigenvalue weighted by Gasteiger charge is -2.16. The largest absolute Gasteiger partial charge is 0.268 e. The molecule has 4 heteroatoms. The summed E-state index contributed by atoms with van der Waals surface area (Å²) in [6.07, 6.45) is 0. The molecule has 0 aliphatic carbocycles. The summed E-state index contributed by atoms with van der Waals surface area (Å²) in [4.78, 5) is 17.9. The number of hydrogen-bond donors (Lipinski definition) is 0. The molecule has 0 saturated carbocycles. The van der Waals surface area contributed by atoms with Gasteiger partial charge >= 0.3 is 0 Å². The summed E-state index contributed by atoms with van der Waals surface area (Å²) in [5.41, 5.74) is 3.86. The first kappa shape index (κ1) is 15.8. The molecule has 0 saturated heterocycles. The van der Waals surface area contributed by atoms with Gasteiger partial charge in [0.2, 0.25) is 0 Å². The number of aromatic nitrogens is 2. The minimum atomic E-state index is -0.00699. The Morgan fingerprint density at radius 3 is 2.57 bits per heavy atom. The molecule has 1 heterocycles. The van der Waals surface area contributed by atoms with E-state index in [1.54, 1.807) is 16.3 Å². The number of thioether (sulfide) groups is 1. The molecule has 0 bridgehead atoms. The van der Waals surface area contributed by atoms with Gasteiger partial charge in [-0.1, -0.05) is 49.9 Å². The summed E-state index contributed by atoms with van der Waals surface area (Å²) in [6, 6.07) is 13.7. The molecule has 0 unspecified atom stereocenters. The van der Waals surface area contributed by atoms with Crippen LogP contribution in [0.2, 0.25) is 0 Å². The topological polar surface area (TPSA) is 34.9 Å². The Balaban J connectivity index is 2.39. The number of para-hydroxylation sites is 1. The van der Waals surface area contributed by atoms with E-state index in [0.717, 1.165) is 27.5 Å². The molecule has 3 aromatic rings. The van der Waals surface area contributed by atoms with Gasteiger partial charge in [-0.05, 0) is 43.2 Å². The van der Waals surface area contributed by atoms with Gasteiger partial charge in [-0.2, -0.15) is 0 Å². The first-order valence-corrected chi connectivity index (χ1v) is 8.61. The Bertz CT molecular complexity index is 928. The first-order chi connectivity index (χ1) is 11.0. The van der Waals surface area contributed by atoms with E-state index in [0.29, 0.717) is 10.6 Å². The van der Waals surface area contributed by atoms with Crippen LogP contribution in [0.1, 0.15) is 25.0 Å². The van der Waals surface area contributed by atoms with Crippen molar-refractivity contribution in [1.82, 2.24) is 9.55 Å². The maximum Gasteiger partial charge on any atom is 0.266 e. The van der Waals surface area contributed by atoms with Crippen molar-refractivity contribution < 1.29 is 0 Å². The van der Waals surface area contributed by atoms with Crippen LogP contribution in [0.3, 0.4) is 0 Å².